The van der Waals surface area contributed by atoms with Gasteiger partial charge in [-0.1, -0.05) is 6.07 Å². The summed E-state index contributed by atoms with van der Waals surface area (Å²) in [6, 6.07) is 6.62. The zero-order chi connectivity index (χ0) is 9.80. The molecule has 2 N–H and O–H groups in total. The number of benzene rings is 1. The van der Waals surface area contributed by atoms with Gasteiger partial charge in [0, 0.05) is 18.8 Å². The lowest BCUT2D eigenvalue weighted by Gasteiger charge is -2.07. The number of aryl methyl sites for hydroxylation is 2. The van der Waals surface area contributed by atoms with Gasteiger partial charge in [-0.2, -0.15) is 0 Å². The van der Waals surface area contributed by atoms with E-state index in [4.69, 9.17) is 5.11 Å². The van der Waals surface area contributed by atoms with Crippen LogP contribution in [-0.4, -0.2) is 18.3 Å². The van der Waals surface area contributed by atoms with Gasteiger partial charge in [0.15, 0.2) is 0 Å². The Morgan fingerprint density at radius 3 is 2.93 bits per heavy atom. The van der Waals surface area contributed by atoms with Crippen LogP contribution in [0.2, 0.25) is 0 Å². The first kappa shape index (κ1) is 9.53. The lowest BCUT2D eigenvalue weighted by molar-refractivity contribution is 0.292. The minimum Gasteiger partial charge on any atom is -0.396 e. The maximum Gasteiger partial charge on any atom is 0.0447 e. The first-order valence-electron chi connectivity index (χ1n) is 5.36. The molecule has 0 aliphatic heterocycles. The molecule has 1 aromatic carbocycles. The van der Waals surface area contributed by atoms with Crippen LogP contribution in [0.15, 0.2) is 18.2 Å². The summed E-state index contributed by atoms with van der Waals surface area (Å²) in [5.41, 5.74) is 4.20. The van der Waals surface area contributed by atoms with Crippen LogP contribution in [-0.2, 0) is 12.8 Å². The van der Waals surface area contributed by atoms with Crippen LogP contribution in [0.3, 0.4) is 0 Å². The summed E-state index contributed by atoms with van der Waals surface area (Å²) in [6.45, 7) is 1.12. The van der Waals surface area contributed by atoms with E-state index in [0.717, 1.165) is 13.0 Å². The molecule has 0 radical (unpaired) electrons. The highest BCUT2D eigenvalue weighted by Gasteiger charge is 2.10. The molecule has 0 spiro atoms. The van der Waals surface area contributed by atoms with Crippen molar-refractivity contribution in [3.05, 3.63) is 29.3 Å². The van der Waals surface area contributed by atoms with Crippen LogP contribution < -0.4 is 5.32 Å². The lowest BCUT2D eigenvalue weighted by atomic mass is 10.1. The predicted octanol–water partition coefficient (Wildman–Crippen LogP) is 1.97. The van der Waals surface area contributed by atoms with Crippen LogP contribution in [0, 0.1) is 0 Å². The van der Waals surface area contributed by atoms with E-state index in [1.165, 1.54) is 36.1 Å². The number of hydrogen-bond acceptors (Lipinski definition) is 2. The largest absolute Gasteiger partial charge is 0.396 e. The second-order valence-electron chi connectivity index (χ2n) is 3.84. The molecule has 2 rings (SSSR count). The molecule has 0 aromatic heterocycles. The van der Waals surface area contributed by atoms with E-state index >= 15 is 0 Å². The summed E-state index contributed by atoms with van der Waals surface area (Å²) < 4.78 is 0. The van der Waals surface area contributed by atoms with Crippen LogP contribution in [0.1, 0.15) is 24.0 Å². The Balaban J connectivity index is 1.98. The van der Waals surface area contributed by atoms with Gasteiger partial charge in [0.25, 0.3) is 0 Å². The maximum atomic E-state index is 8.66. The average Bonchev–Trinajstić information content (AvgIpc) is 2.65. The molecule has 0 amide bonds. The molecule has 0 fully saturated rings. The Labute approximate surface area is 85.0 Å². The van der Waals surface area contributed by atoms with E-state index in [0.29, 0.717) is 0 Å². The molecule has 1 aliphatic rings. The Morgan fingerprint density at radius 2 is 2.07 bits per heavy atom. The molecule has 76 valence electrons. The highest BCUT2D eigenvalue weighted by Crippen LogP contribution is 2.24. The second-order valence-corrected chi connectivity index (χ2v) is 3.84. The van der Waals surface area contributed by atoms with E-state index in [9.17, 15) is 0 Å². The zero-order valence-corrected chi connectivity index (χ0v) is 8.42. The number of aliphatic hydroxyl groups is 1. The van der Waals surface area contributed by atoms with E-state index in [1.54, 1.807) is 0 Å². The third kappa shape index (κ3) is 2.07. The molecule has 0 saturated heterocycles. The standard InChI is InChI=1S/C12H17NO/c14-8-2-7-13-12-6-5-10-3-1-4-11(10)9-12/h5-6,9,13-14H,1-4,7-8H2. The van der Waals surface area contributed by atoms with Crippen molar-refractivity contribution in [2.45, 2.75) is 25.7 Å². The number of nitrogens with one attached hydrogen (secondary N) is 1. The normalized spacial score (nSPS) is 14.1. The molecule has 1 aliphatic carbocycles. The van der Waals surface area contributed by atoms with Crippen molar-refractivity contribution in [2.24, 2.45) is 0 Å². The van der Waals surface area contributed by atoms with Gasteiger partial charge in [0.1, 0.15) is 0 Å². The Hall–Kier alpha value is -1.02. The Kier molecular flexibility index (Phi) is 3.04. The fraction of sp³-hybridized carbons (Fsp3) is 0.500. The third-order valence-electron chi connectivity index (χ3n) is 2.76. The average molecular weight is 191 g/mol. The smallest absolute Gasteiger partial charge is 0.0447 e. The minimum atomic E-state index is 0.262. The van der Waals surface area contributed by atoms with Gasteiger partial charge in [-0.05, 0) is 48.9 Å². The summed E-state index contributed by atoms with van der Waals surface area (Å²) in [6.07, 6.45) is 4.59. The number of fused-ring (bicyclic) bond motifs is 1. The summed E-state index contributed by atoms with van der Waals surface area (Å²) >= 11 is 0. The van der Waals surface area contributed by atoms with Crippen molar-refractivity contribution in [1.29, 1.82) is 0 Å². The number of rotatable bonds is 4. The van der Waals surface area contributed by atoms with E-state index < -0.39 is 0 Å². The van der Waals surface area contributed by atoms with Crippen molar-refractivity contribution in [1.82, 2.24) is 0 Å². The van der Waals surface area contributed by atoms with Crippen LogP contribution >= 0.6 is 0 Å². The maximum absolute atomic E-state index is 8.66. The van der Waals surface area contributed by atoms with Crippen molar-refractivity contribution in [2.75, 3.05) is 18.5 Å². The molecule has 0 atom stereocenters. The summed E-state index contributed by atoms with van der Waals surface area (Å²) in [5, 5.41) is 12.0. The first-order chi connectivity index (χ1) is 6.90. The first-order valence-corrected chi connectivity index (χ1v) is 5.36. The van der Waals surface area contributed by atoms with Crippen LogP contribution in [0.5, 0.6) is 0 Å². The zero-order valence-electron chi connectivity index (χ0n) is 8.42. The number of anilines is 1. The lowest BCUT2D eigenvalue weighted by Crippen LogP contribution is -2.03. The van der Waals surface area contributed by atoms with Gasteiger partial charge < -0.3 is 10.4 Å². The molecular weight excluding hydrogens is 174 g/mol. The molecule has 0 unspecified atom stereocenters. The number of aliphatic hydroxyl groups excluding tert-OH is 1. The van der Waals surface area contributed by atoms with E-state index in [2.05, 4.69) is 23.5 Å². The minimum absolute atomic E-state index is 0.262. The summed E-state index contributed by atoms with van der Waals surface area (Å²) in [5.74, 6) is 0. The molecule has 2 heteroatoms. The van der Waals surface area contributed by atoms with Gasteiger partial charge >= 0.3 is 0 Å². The van der Waals surface area contributed by atoms with Crippen molar-refractivity contribution < 1.29 is 5.11 Å². The number of hydrogen-bond donors (Lipinski definition) is 2. The summed E-state index contributed by atoms with van der Waals surface area (Å²) in [7, 11) is 0. The monoisotopic (exact) mass is 191 g/mol. The van der Waals surface area contributed by atoms with Gasteiger partial charge in [-0.25, -0.2) is 0 Å². The highest BCUT2D eigenvalue weighted by atomic mass is 16.3. The third-order valence-corrected chi connectivity index (χ3v) is 2.76. The quantitative estimate of drug-likeness (QED) is 0.713. The van der Waals surface area contributed by atoms with Gasteiger partial charge in [0.2, 0.25) is 0 Å². The fourth-order valence-corrected chi connectivity index (χ4v) is 1.99. The van der Waals surface area contributed by atoms with Gasteiger partial charge in [-0.15, -0.1) is 0 Å². The second kappa shape index (κ2) is 4.47. The van der Waals surface area contributed by atoms with Gasteiger partial charge in [-0.3, -0.25) is 0 Å². The molecule has 14 heavy (non-hydrogen) atoms. The highest BCUT2D eigenvalue weighted by molar-refractivity contribution is 5.50. The SMILES string of the molecule is OCCCNc1ccc2c(c1)CCC2. The molecular formula is C12H17NO. The molecule has 0 saturated carbocycles. The molecule has 0 heterocycles. The van der Waals surface area contributed by atoms with Crippen molar-refractivity contribution in [3.63, 3.8) is 0 Å². The molecule has 2 nitrogen and oxygen atoms in total. The topological polar surface area (TPSA) is 32.3 Å². The van der Waals surface area contributed by atoms with Crippen molar-refractivity contribution >= 4 is 5.69 Å². The van der Waals surface area contributed by atoms with Gasteiger partial charge in [0.05, 0.1) is 0 Å². The van der Waals surface area contributed by atoms with Crippen LogP contribution in [0.25, 0.3) is 0 Å². The Morgan fingerprint density at radius 1 is 1.21 bits per heavy atom. The fourth-order valence-electron chi connectivity index (χ4n) is 1.99. The Bertz CT molecular complexity index is 309. The summed E-state index contributed by atoms with van der Waals surface area (Å²) in [4.78, 5) is 0. The predicted molar refractivity (Wildman–Crippen MR) is 58.7 cm³/mol. The van der Waals surface area contributed by atoms with E-state index in [-0.39, 0.29) is 6.61 Å². The van der Waals surface area contributed by atoms with Crippen molar-refractivity contribution in [3.8, 4) is 0 Å². The van der Waals surface area contributed by atoms with Crippen LogP contribution in [0.4, 0.5) is 5.69 Å². The molecule has 0 bridgehead atoms. The molecule has 1 aromatic rings. The van der Waals surface area contributed by atoms with E-state index in [1.807, 2.05) is 0 Å².